The van der Waals surface area contributed by atoms with E-state index in [4.69, 9.17) is 11.5 Å². The normalized spacial score (nSPS) is 14.6. The van der Waals surface area contributed by atoms with E-state index in [0.29, 0.717) is 23.0 Å². The number of pyridine rings is 1. The summed E-state index contributed by atoms with van der Waals surface area (Å²) in [5.41, 5.74) is 14.2. The highest BCUT2D eigenvalue weighted by molar-refractivity contribution is 7.90. The molecule has 0 aliphatic carbocycles. The zero-order valence-electron chi connectivity index (χ0n) is 15.7. The first-order valence-corrected chi connectivity index (χ1v) is 10.4. The molecule has 0 saturated carbocycles. The number of nitrogens with two attached hydrogens (primary N) is 2. The molecule has 0 aliphatic heterocycles. The second-order valence-corrected chi connectivity index (χ2v) is 8.75. The zero-order chi connectivity index (χ0) is 20.1. The summed E-state index contributed by atoms with van der Waals surface area (Å²) in [5, 5.41) is 0.655. The Balaban J connectivity index is 1.98. The molecule has 4 aromatic rings. The maximum Gasteiger partial charge on any atom is 0.269 e. The molecular weight excluding hydrogens is 376 g/mol. The first-order chi connectivity index (χ1) is 13.3. The van der Waals surface area contributed by atoms with E-state index < -0.39 is 15.7 Å². The van der Waals surface area contributed by atoms with Crippen LogP contribution in [0.2, 0.25) is 0 Å². The highest BCUT2D eigenvalue weighted by Gasteiger charge is 2.27. The van der Waals surface area contributed by atoms with Crippen molar-refractivity contribution in [1.29, 1.82) is 0 Å². The molecule has 0 aliphatic rings. The first kappa shape index (κ1) is 18.6. The Bertz CT molecular complexity index is 1270. The van der Waals surface area contributed by atoms with Gasteiger partial charge >= 0.3 is 0 Å². The number of rotatable bonds is 5. The van der Waals surface area contributed by atoms with Gasteiger partial charge in [-0.1, -0.05) is 24.6 Å². The molecule has 0 radical (unpaired) electrons. The molecule has 4 N–H and O–H groups in total. The number of nitrogens with zero attached hydrogens (tertiary/aromatic N) is 4. The molecular formula is C19H22N6O2S. The molecule has 4 rings (SSSR count). The lowest BCUT2D eigenvalue weighted by Crippen LogP contribution is -2.48. The fraction of sp³-hybridized carbons (Fsp3) is 0.263. The van der Waals surface area contributed by atoms with E-state index in [-0.39, 0.29) is 11.4 Å². The van der Waals surface area contributed by atoms with Crippen LogP contribution < -0.4 is 11.5 Å². The maximum absolute atomic E-state index is 13.1. The van der Waals surface area contributed by atoms with Gasteiger partial charge in [0.15, 0.2) is 5.65 Å². The van der Waals surface area contributed by atoms with Gasteiger partial charge in [-0.15, -0.1) is 0 Å². The number of imidazole rings is 1. The van der Waals surface area contributed by atoms with Crippen molar-refractivity contribution in [3.05, 3.63) is 54.6 Å². The number of hydrogen-bond donors (Lipinski definition) is 2. The smallest absolute Gasteiger partial charge is 0.269 e. The van der Waals surface area contributed by atoms with Crippen LogP contribution in [0.4, 0.5) is 0 Å². The standard InChI is InChI=1S/C19H22N6O2S/c1-3-19(21,11-20)24-12-23-16-10-22-18-15(17(16)24)8-9-25(18)28(26,27)14-6-4-13(2)5-7-14/h4-10,12H,3,11,20-21H2,1-2H3. The number of benzene rings is 1. The third kappa shape index (κ3) is 2.62. The molecule has 0 fully saturated rings. The summed E-state index contributed by atoms with van der Waals surface area (Å²) in [6.07, 6.45) is 5.30. The molecule has 0 bridgehead atoms. The number of aryl methyl sites for hydroxylation is 1. The van der Waals surface area contributed by atoms with Crippen molar-refractivity contribution in [3.8, 4) is 0 Å². The lowest BCUT2D eigenvalue weighted by Gasteiger charge is -2.29. The lowest BCUT2D eigenvalue weighted by atomic mass is 10.1. The van der Waals surface area contributed by atoms with E-state index in [2.05, 4.69) is 9.97 Å². The van der Waals surface area contributed by atoms with Crippen molar-refractivity contribution in [2.45, 2.75) is 30.8 Å². The summed E-state index contributed by atoms with van der Waals surface area (Å²) < 4.78 is 29.3. The first-order valence-electron chi connectivity index (χ1n) is 8.96. The Hall–Kier alpha value is -2.75. The minimum atomic E-state index is -3.78. The zero-order valence-corrected chi connectivity index (χ0v) is 16.5. The van der Waals surface area contributed by atoms with Crippen molar-refractivity contribution in [2.75, 3.05) is 6.54 Å². The Morgan fingerprint density at radius 1 is 1.14 bits per heavy atom. The average molecular weight is 398 g/mol. The van der Waals surface area contributed by atoms with Gasteiger partial charge in [0.2, 0.25) is 0 Å². The van der Waals surface area contributed by atoms with Gasteiger partial charge in [0.1, 0.15) is 11.2 Å². The molecule has 9 heteroatoms. The highest BCUT2D eigenvalue weighted by atomic mass is 32.2. The minimum Gasteiger partial charge on any atom is -0.327 e. The second kappa shape index (κ2) is 6.40. The molecule has 3 heterocycles. The van der Waals surface area contributed by atoms with Crippen molar-refractivity contribution >= 4 is 32.1 Å². The van der Waals surface area contributed by atoms with Crippen molar-refractivity contribution < 1.29 is 8.42 Å². The van der Waals surface area contributed by atoms with E-state index in [1.54, 1.807) is 42.9 Å². The molecule has 0 spiro atoms. The predicted molar refractivity (Wildman–Crippen MR) is 108 cm³/mol. The van der Waals surface area contributed by atoms with Crippen LogP contribution in [-0.2, 0) is 15.7 Å². The van der Waals surface area contributed by atoms with Crippen LogP contribution in [-0.4, -0.2) is 33.5 Å². The van der Waals surface area contributed by atoms with Crippen LogP contribution in [0.3, 0.4) is 0 Å². The van der Waals surface area contributed by atoms with Crippen molar-refractivity contribution in [1.82, 2.24) is 18.5 Å². The number of hydrogen-bond acceptors (Lipinski definition) is 6. The van der Waals surface area contributed by atoms with Crippen LogP contribution >= 0.6 is 0 Å². The van der Waals surface area contributed by atoms with Crippen molar-refractivity contribution in [3.63, 3.8) is 0 Å². The Morgan fingerprint density at radius 3 is 2.50 bits per heavy atom. The van der Waals surface area contributed by atoms with Gasteiger partial charge < -0.3 is 16.0 Å². The van der Waals surface area contributed by atoms with Crippen LogP contribution in [0.25, 0.3) is 22.1 Å². The predicted octanol–water partition coefficient (Wildman–Crippen LogP) is 1.91. The molecule has 146 valence electrons. The van der Waals surface area contributed by atoms with E-state index in [1.807, 2.05) is 18.4 Å². The van der Waals surface area contributed by atoms with Gasteiger partial charge in [-0.05, 0) is 31.5 Å². The number of aromatic nitrogens is 4. The Kier molecular flexibility index (Phi) is 4.25. The molecule has 0 saturated heterocycles. The SMILES string of the molecule is CCC(N)(CN)n1cnc2cnc3c(ccn3S(=O)(=O)c3ccc(C)cc3)c21. The summed E-state index contributed by atoms with van der Waals surface area (Å²) in [6.45, 7) is 4.08. The second-order valence-electron chi connectivity index (χ2n) is 6.93. The van der Waals surface area contributed by atoms with Gasteiger partial charge in [0.05, 0.1) is 22.9 Å². The van der Waals surface area contributed by atoms with Gasteiger partial charge in [-0.2, -0.15) is 0 Å². The van der Waals surface area contributed by atoms with E-state index in [0.717, 1.165) is 11.1 Å². The molecule has 1 atom stereocenters. The quantitative estimate of drug-likeness (QED) is 0.529. The minimum absolute atomic E-state index is 0.203. The molecule has 1 unspecified atom stereocenters. The molecule has 0 amide bonds. The van der Waals surface area contributed by atoms with Gasteiger partial charge in [0.25, 0.3) is 10.0 Å². The third-order valence-corrected chi connectivity index (χ3v) is 6.89. The summed E-state index contributed by atoms with van der Waals surface area (Å²) in [5.74, 6) is 0. The van der Waals surface area contributed by atoms with Crippen LogP contribution in [0.1, 0.15) is 18.9 Å². The summed E-state index contributed by atoms with van der Waals surface area (Å²) in [6, 6.07) is 8.45. The molecule has 1 aromatic carbocycles. The lowest BCUT2D eigenvalue weighted by molar-refractivity contribution is 0.303. The van der Waals surface area contributed by atoms with Gasteiger partial charge in [0, 0.05) is 18.1 Å². The fourth-order valence-corrected chi connectivity index (χ4v) is 4.63. The van der Waals surface area contributed by atoms with Crippen molar-refractivity contribution in [2.24, 2.45) is 11.5 Å². The monoisotopic (exact) mass is 398 g/mol. The number of fused-ring (bicyclic) bond motifs is 3. The maximum atomic E-state index is 13.1. The Morgan fingerprint density at radius 2 is 1.86 bits per heavy atom. The van der Waals surface area contributed by atoms with E-state index in [9.17, 15) is 8.42 Å². The third-order valence-electron chi connectivity index (χ3n) is 5.21. The summed E-state index contributed by atoms with van der Waals surface area (Å²) in [4.78, 5) is 8.94. The Labute approximate surface area is 162 Å². The topological polar surface area (TPSA) is 122 Å². The van der Waals surface area contributed by atoms with Gasteiger partial charge in [-0.3, -0.25) is 0 Å². The van der Waals surface area contributed by atoms with Crippen LogP contribution in [0.5, 0.6) is 0 Å². The average Bonchev–Trinajstić information content (AvgIpc) is 3.32. The van der Waals surface area contributed by atoms with E-state index in [1.165, 1.54) is 10.2 Å². The molecule has 28 heavy (non-hydrogen) atoms. The molecule has 3 aromatic heterocycles. The van der Waals surface area contributed by atoms with Crippen LogP contribution in [0.15, 0.2) is 53.9 Å². The van der Waals surface area contributed by atoms with Gasteiger partial charge in [-0.25, -0.2) is 22.4 Å². The highest BCUT2D eigenvalue weighted by Crippen LogP contribution is 2.29. The fourth-order valence-electron chi connectivity index (χ4n) is 3.33. The summed E-state index contributed by atoms with van der Waals surface area (Å²) in [7, 11) is -3.78. The largest absolute Gasteiger partial charge is 0.327 e. The summed E-state index contributed by atoms with van der Waals surface area (Å²) >= 11 is 0. The molecule has 8 nitrogen and oxygen atoms in total. The van der Waals surface area contributed by atoms with E-state index >= 15 is 0 Å². The van der Waals surface area contributed by atoms with Crippen LogP contribution in [0, 0.1) is 6.92 Å².